The Morgan fingerprint density at radius 3 is 1.12 bits per heavy atom. The van der Waals surface area contributed by atoms with E-state index in [1.165, 1.54) is 186 Å². The molecule has 3 heterocycles. The summed E-state index contributed by atoms with van der Waals surface area (Å²) in [5.74, 6) is -0.285. The van der Waals surface area contributed by atoms with Gasteiger partial charge < -0.3 is 89.9 Å². The third kappa shape index (κ3) is 34.3. The summed E-state index contributed by atoms with van der Waals surface area (Å²) in [6.07, 6.45) is 34.1. The molecule has 0 aromatic rings. The normalized spacial score (nSPS) is 28.4. The molecule has 19 heteroatoms. The van der Waals surface area contributed by atoms with Crippen LogP contribution < -0.4 is 5.32 Å². The molecule has 3 saturated heterocycles. The summed E-state index contributed by atoms with van der Waals surface area (Å²) in [5, 5.41) is 121. The number of unbranched alkanes of at least 4 members (excludes halogenated alkanes) is 35. The van der Waals surface area contributed by atoms with Gasteiger partial charge in [0.05, 0.1) is 38.6 Å². The van der Waals surface area contributed by atoms with Crippen molar-refractivity contribution in [2.24, 2.45) is 0 Å². The van der Waals surface area contributed by atoms with Crippen molar-refractivity contribution in [2.75, 3.05) is 26.4 Å². The Kier molecular flexibility index (Phi) is 47.7. The first-order valence-electron chi connectivity index (χ1n) is 35.7. The van der Waals surface area contributed by atoms with Crippen LogP contribution in [0.3, 0.4) is 0 Å². The smallest absolute Gasteiger partial charge is 0.220 e. The van der Waals surface area contributed by atoms with E-state index in [-0.39, 0.29) is 18.9 Å². The number of rotatable bonds is 55. The summed E-state index contributed by atoms with van der Waals surface area (Å²) in [7, 11) is 0. The number of allylic oxidation sites excluding steroid dienone is 5. The van der Waals surface area contributed by atoms with E-state index in [1.807, 2.05) is 6.08 Å². The summed E-state index contributed by atoms with van der Waals surface area (Å²) in [6.45, 7) is 1.74. The van der Waals surface area contributed by atoms with Crippen LogP contribution in [0.5, 0.6) is 0 Å². The summed E-state index contributed by atoms with van der Waals surface area (Å²) in [6, 6.07) is -0.991. The molecule has 522 valence electrons. The van der Waals surface area contributed by atoms with Crippen LogP contribution in [0.4, 0.5) is 0 Å². The molecule has 3 aliphatic heterocycles. The molecule has 19 nitrogen and oxygen atoms in total. The second-order valence-electron chi connectivity index (χ2n) is 25.7. The number of carbonyl (C=O) groups excluding carboxylic acids is 1. The highest BCUT2D eigenvalue weighted by molar-refractivity contribution is 5.76. The van der Waals surface area contributed by atoms with E-state index in [1.54, 1.807) is 6.08 Å². The maximum absolute atomic E-state index is 13.4. The van der Waals surface area contributed by atoms with Crippen LogP contribution in [-0.4, -0.2) is 193 Å². The molecule has 0 saturated carbocycles. The van der Waals surface area contributed by atoms with Gasteiger partial charge in [-0.05, 0) is 57.8 Å². The van der Waals surface area contributed by atoms with Gasteiger partial charge in [0.15, 0.2) is 18.9 Å². The molecule has 17 atom stereocenters. The summed E-state index contributed by atoms with van der Waals surface area (Å²) in [5.41, 5.74) is 0. The lowest BCUT2D eigenvalue weighted by atomic mass is 9.96. The predicted molar refractivity (Wildman–Crippen MR) is 346 cm³/mol. The zero-order valence-electron chi connectivity index (χ0n) is 55.2. The highest BCUT2D eigenvalue weighted by Gasteiger charge is 2.53. The minimum Gasteiger partial charge on any atom is -0.394 e. The van der Waals surface area contributed by atoms with E-state index >= 15 is 0 Å². The first-order valence-corrected chi connectivity index (χ1v) is 35.7. The fraction of sp³-hybridized carbons (Fsp3) is 0.900. The average molecular weight is 1270 g/mol. The van der Waals surface area contributed by atoms with E-state index in [2.05, 4.69) is 43.5 Å². The zero-order chi connectivity index (χ0) is 64.7. The molecule has 3 rings (SSSR count). The van der Waals surface area contributed by atoms with Crippen LogP contribution in [0.25, 0.3) is 0 Å². The fourth-order valence-corrected chi connectivity index (χ4v) is 12.1. The van der Waals surface area contributed by atoms with Crippen molar-refractivity contribution < 1.29 is 89.4 Å². The lowest BCUT2D eigenvalue weighted by Gasteiger charge is -2.48. The van der Waals surface area contributed by atoms with Gasteiger partial charge >= 0.3 is 0 Å². The Labute approximate surface area is 536 Å². The highest BCUT2D eigenvalue weighted by Crippen LogP contribution is 2.33. The van der Waals surface area contributed by atoms with Crippen LogP contribution >= 0.6 is 0 Å². The van der Waals surface area contributed by atoms with Crippen LogP contribution in [0.15, 0.2) is 36.5 Å². The lowest BCUT2D eigenvalue weighted by molar-refractivity contribution is -0.379. The van der Waals surface area contributed by atoms with Crippen LogP contribution in [0.2, 0.25) is 0 Å². The number of carbonyl (C=O) groups is 1. The molecular weight excluding hydrogens is 1140 g/mol. The van der Waals surface area contributed by atoms with Gasteiger partial charge in [0.25, 0.3) is 0 Å². The van der Waals surface area contributed by atoms with E-state index in [4.69, 9.17) is 28.4 Å². The molecule has 89 heavy (non-hydrogen) atoms. The zero-order valence-corrected chi connectivity index (χ0v) is 55.2. The third-order valence-corrected chi connectivity index (χ3v) is 17.9. The maximum atomic E-state index is 13.4. The van der Waals surface area contributed by atoms with Gasteiger partial charge in [-0.3, -0.25) is 4.79 Å². The van der Waals surface area contributed by atoms with Crippen molar-refractivity contribution in [3.05, 3.63) is 36.5 Å². The highest BCUT2D eigenvalue weighted by atomic mass is 16.8. The number of nitrogens with one attached hydrogen (secondary N) is 1. The topological polar surface area (TPSA) is 307 Å². The summed E-state index contributed by atoms with van der Waals surface area (Å²) in [4.78, 5) is 13.4. The van der Waals surface area contributed by atoms with Crippen molar-refractivity contribution in [1.29, 1.82) is 0 Å². The maximum Gasteiger partial charge on any atom is 0.220 e. The number of aliphatic hydroxyl groups is 11. The first-order chi connectivity index (χ1) is 43.3. The van der Waals surface area contributed by atoms with Crippen LogP contribution in [-0.2, 0) is 33.2 Å². The van der Waals surface area contributed by atoms with Crippen LogP contribution in [0, 0.1) is 0 Å². The molecule has 0 aromatic heterocycles. The first kappa shape index (κ1) is 81.2. The largest absolute Gasteiger partial charge is 0.394 e. The Balaban J connectivity index is 1.45. The SMILES string of the molecule is CCCCCCCC/C=C\CCCCCCCCCCCC(=O)NC(COC1OC(CO)C(OC2OC(CO)C(OC3OC(CO)C(O)C(O)C3O)C(O)C2O)C(O)C1O)C(O)/C=C/CC/C=C/CCCCCCCCCCCCCCCCCCCCC. The minimum absolute atomic E-state index is 0.234. The Morgan fingerprint density at radius 2 is 0.719 bits per heavy atom. The number of hydrogen-bond acceptors (Lipinski definition) is 18. The van der Waals surface area contributed by atoms with Crippen molar-refractivity contribution in [2.45, 2.75) is 375 Å². The third-order valence-electron chi connectivity index (χ3n) is 17.9. The molecule has 0 radical (unpaired) electrons. The molecule has 0 spiro atoms. The molecule has 0 aromatic carbocycles. The molecule has 1 amide bonds. The molecule has 3 aliphatic rings. The molecule has 0 bridgehead atoms. The standard InChI is InChI=1S/C70H129NO18/c1-3-5-7-9-11-13-15-17-19-21-23-24-25-26-27-28-30-31-33-35-37-39-41-43-45-47-54(75)53(71-58(76)48-46-44-42-40-38-36-34-32-29-22-20-18-16-14-12-10-8-6-4-2)52-84-68-64(82)61(79)66(56(50-73)86-68)89-70-65(83)62(80)67(57(51-74)87-70)88-69-63(81)60(78)59(77)55(49-72)85-69/h18,20,37,39,45,47,53-57,59-70,72-75,77-83H,3-17,19,21-36,38,40-44,46,48-52H2,1-2H3,(H,71,76)/b20-18-,39-37+,47-45+. The van der Waals surface area contributed by atoms with Crippen LogP contribution in [0.1, 0.15) is 271 Å². The van der Waals surface area contributed by atoms with E-state index in [9.17, 15) is 61.0 Å². The van der Waals surface area contributed by atoms with E-state index in [0.29, 0.717) is 12.8 Å². The van der Waals surface area contributed by atoms with Gasteiger partial charge in [-0.2, -0.15) is 0 Å². The molecule has 3 fully saturated rings. The number of ether oxygens (including phenoxy) is 6. The summed E-state index contributed by atoms with van der Waals surface area (Å²) < 4.78 is 34.3. The average Bonchev–Trinajstić information content (AvgIpc) is 2.46. The number of amides is 1. The second kappa shape index (κ2) is 52.3. The van der Waals surface area contributed by atoms with Gasteiger partial charge in [0.1, 0.15) is 73.2 Å². The van der Waals surface area contributed by atoms with Gasteiger partial charge in [-0.15, -0.1) is 0 Å². The molecule has 0 aliphatic carbocycles. The minimum atomic E-state index is -1.98. The second-order valence-corrected chi connectivity index (χ2v) is 25.7. The van der Waals surface area contributed by atoms with Gasteiger partial charge in [0, 0.05) is 6.42 Å². The Morgan fingerprint density at radius 1 is 0.393 bits per heavy atom. The van der Waals surface area contributed by atoms with Crippen molar-refractivity contribution in [3.8, 4) is 0 Å². The quantitative estimate of drug-likeness (QED) is 0.0199. The van der Waals surface area contributed by atoms with Crippen molar-refractivity contribution in [3.63, 3.8) is 0 Å². The molecule has 17 unspecified atom stereocenters. The van der Waals surface area contributed by atoms with Gasteiger partial charge in [-0.1, -0.05) is 243 Å². The number of aliphatic hydroxyl groups excluding tert-OH is 11. The Hall–Kier alpha value is -1.99. The molecule has 12 N–H and O–H groups in total. The van der Waals surface area contributed by atoms with Gasteiger partial charge in [-0.25, -0.2) is 0 Å². The van der Waals surface area contributed by atoms with Crippen molar-refractivity contribution >= 4 is 5.91 Å². The lowest BCUT2D eigenvalue weighted by Crippen LogP contribution is -2.66. The Bertz CT molecular complexity index is 1760. The number of hydrogen-bond donors (Lipinski definition) is 12. The molecular formula is C70H129NO18. The van der Waals surface area contributed by atoms with E-state index in [0.717, 1.165) is 51.4 Å². The monoisotopic (exact) mass is 1270 g/mol. The van der Waals surface area contributed by atoms with Gasteiger partial charge in [0.2, 0.25) is 5.91 Å². The predicted octanol–water partition coefficient (Wildman–Crippen LogP) is 9.61. The fourth-order valence-electron chi connectivity index (χ4n) is 12.1. The summed E-state index contributed by atoms with van der Waals surface area (Å²) >= 11 is 0. The van der Waals surface area contributed by atoms with Crippen molar-refractivity contribution in [1.82, 2.24) is 5.32 Å². The van der Waals surface area contributed by atoms with E-state index < -0.39 is 124 Å².